The number of hydrogen-bond acceptors (Lipinski definition) is 3. The maximum absolute atomic E-state index is 5.37. The highest BCUT2D eigenvalue weighted by atomic mass is 15.0. The Morgan fingerprint density at radius 3 is 1.70 bits per heavy atom. The van der Waals surface area contributed by atoms with Crippen molar-refractivity contribution in [3.63, 3.8) is 0 Å². The molecule has 1 aliphatic rings. The lowest BCUT2D eigenvalue weighted by Gasteiger charge is -2.20. The molecule has 4 nitrogen and oxygen atoms in total. The van der Waals surface area contributed by atoms with E-state index in [1.807, 2.05) is 18.2 Å². The van der Waals surface area contributed by atoms with Crippen molar-refractivity contribution >= 4 is 49.7 Å². The van der Waals surface area contributed by atoms with E-state index in [1.54, 1.807) is 0 Å². The molecule has 0 N–H and O–H groups in total. The van der Waals surface area contributed by atoms with Crippen LogP contribution in [0.2, 0.25) is 0 Å². The maximum Gasteiger partial charge on any atom is 0.0972 e. The first kappa shape index (κ1) is 32.3. The third-order valence-corrected chi connectivity index (χ3v) is 11.3. The van der Waals surface area contributed by atoms with Crippen molar-refractivity contribution in [3.8, 4) is 50.6 Å². The van der Waals surface area contributed by atoms with Gasteiger partial charge in [0.05, 0.1) is 44.8 Å². The Bertz CT molecular complexity index is 3140. The van der Waals surface area contributed by atoms with Crippen molar-refractivity contribution < 1.29 is 0 Å². The standard InChI is InChI=1S/C52H36N4/c1-33-16-29-42-46(32-33)55-49(38-12-6-3-7-13-38)48-43-14-8-9-15-47(43)56(52(42)48)41-27-23-35(24-28-41)34-17-19-37(20-18-34)45-31-26-40-22-21-39-25-30-44(36-10-4-2-5-11-36)53-50(39)51(40)54-45/h2-31,33H,32H2,1H3. The number of para-hydroxylation sites is 1. The fourth-order valence-electron chi connectivity index (χ4n) is 8.49. The van der Waals surface area contributed by atoms with Crippen molar-refractivity contribution in [2.24, 2.45) is 5.92 Å². The van der Waals surface area contributed by atoms with Gasteiger partial charge in [-0.3, -0.25) is 4.98 Å². The second kappa shape index (κ2) is 13.0. The van der Waals surface area contributed by atoms with Crippen LogP contribution in [0.25, 0.3) is 100 Å². The van der Waals surface area contributed by atoms with Crippen LogP contribution in [0, 0.1) is 5.92 Å². The van der Waals surface area contributed by atoms with Gasteiger partial charge in [-0.25, -0.2) is 9.97 Å². The van der Waals surface area contributed by atoms with Crippen molar-refractivity contribution in [1.82, 2.24) is 19.5 Å². The maximum atomic E-state index is 5.37. The van der Waals surface area contributed by atoms with Gasteiger partial charge < -0.3 is 4.57 Å². The van der Waals surface area contributed by atoms with E-state index < -0.39 is 0 Å². The molecular weight excluding hydrogens is 681 g/mol. The van der Waals surface area contributed by atoms with Crippen LogP contribution >= 0.6 is 0 Å². The van der Waals surface area contributed by atoms with Gasteiger partial charge in [0, 0.05) is 49.5 Å². The molecule has 0 aliphatic heterocycles. The summed E-state index contributed by atoms with van der Waals surface area (Å²) >= 11 is 0. The van der Waals surface area contributed by atoms with Gasteiger partial charge in [-0.15, -0.1) is 0 Å². The molecule has 0 amide bonds. The fraction of sp³-hybridized carbons (Fsp3) is 0.0577. The minimum absolute atomic E-state index is 0.446. The molecule has 0 spiro atoms. The Morgan fingerprint density at radius 1 is 0.500 bits per heavy atom. The predicted molar refractivity (Wildman–Crippen MR) is 233 cm³/mol. The van der Waals surface area contributed by atoms with Gasteiger partial charge in [0.2, 0.25) is 0 Å². The number of benzene rings is 6. The molecule has 0 bridgehead atoms. The van der Waals surface area contributed by atoms with Crippen LogP contribution in [-0.2, 0) is 6.42 Å². The summed E-state index contributed by atoms with van der Waals surface area (Å²) < 4.78 is 2.44. The summed E-state index contributed by atoms with van der Waals surface area (Å²) in [5.41, 5.74) is 16.3. The highest BCUT2D eigenvalue weighted by molar-refractivity contribution is 6.17. The first-order valence-corrected chi connectivity index (χ1v) is 19.3. The van der Waals surface area contributed by atoms with Crippen LogP contribution in [0.4, 0.5) is 0 Å². The highest BCUT2D eigenvalue weighted by Crippen LogP contribution is 2.42. The number of rotatable bonds is 5. The summed E-state index contributed by atoms with van der Waals surface area (Å²) in [5, 5.41) is 4.58. The van der Waals surface area contributed by atoms with E-state index in [2.05, 4.69) is 175 Å². The van der Waals surface area contributed by atoms with Gasteiger partial charge in [0.25, 0.3) is 0 Å². The monoisotopic (exact) mass is 716 g/mol. The first-order valence-electron chi connectivity index (χ1n) is 19.3. The van der Waals surface area contributed by atoms with E-state index in [0.29, 0.717) is 5.92 Å². The summed E-state index contributed by atoms with van der Waals surface area (Å²) in [5.74, 6) is 0.446. The van der Waals surface area contributed by atoms with Crippen LogP contribution in [0.3, 0.4) is 0 Å². The average Bonchev–Trinajstić information content (AvgIpc) is 3.62. The quantitative estimate of drug-likeness (QED) is 0.167. The third kappa shape index (κ3) is 5.33. The van der Waals surface area contributed by atoms with E-state index in [-0.39, 0.29) is 0 Å². The Kier molecular flexibility index (Phi) is 7.49. The zero-order valence-electron chi connectivity index (χ0n) is 30.9. The summed E-state index contributed by atoms with van der Waals surface area (Å²) in [4.78, 5) is 15.7. The number of hydrogen-bond donors (Lipinski definition) is 0. The molecule has 4 heterocycles. The van der Waals surface area contributed by atoms with Gasteiger partial charge in [0.15, 0.2) is 0 Å². The molecular formula is C52H36N4. The van der Waals surface area contributed by atoms with Crippen LogP contribution in [0.1, 0.15) is 18.2 Å². The smallest absolute Gasteiger partial charge is 0.0972 e. The molecule has 264 valence electrons. The zero-order chi connectivity index (χ0) is 37.2. The van der Waals surface area contributed by atoms with Crippen molar-refractivity contribution in [1.29, 1.82) is 0 Å². The Hall–Kier alpha value is -7.17. The van der Waals surface area contributed by atoms with E-state index in [4.69, 9.17) is 15.0 Å². The second-order valence-electron chi connectivity index (χ2n) is 14.9. The molecule has 1 aliphatic carbocycles. The molecule has 0 saturated carbocycles. The predicted octanol–water partition coefficient (Wildman–Crippen LogP) is 13.1. The van der Waals surface area contributed by atoms with E-state index in [9.17, 15) is 0 Å². The van der Waals surface area contributed by atoms with E-state index in [1.165, 1.54) is 32.9 Å². The lowest BCUT2D eigenvalue weighted by molar-refractivity contribution is 0.701. The summed E-state index contributed by atoms with van der Waals surface area (Å²) in [6.07, 6.45) is 5.55. The van der Waals surface area contributed by atoms with Crippen LogP contribution in [-0.4, -0.2) is 19.5 Å². The Morgan fingerprint density at radius 2 is 1.04 bits per heavy atom. The molecule has 0 saturated heterocycles. The van der Waals surface area contributed by atoms with Crippen molar-refractivity contribution in [2.45, 2.75) is 13.3 Å². The molecule has 0 radical (unpaired) electrons. The number of fused-ring (bicyclic) bond motifs is 8. The molecule has 4 aromatic heterocycles. The number of allylic oxidation sites excluding steroid dienone is 1. The minimum atomic E-state index is 0.446. The highest BCUT2D eigenvalue weighted by Gasteiger charge is 2.24. The number of nitrogens with zero attached hydrogens (tertiary/aromatic N) is 4. The van der Waals surface area contributed by atoms with E-state index in [0.717, 1.165) is 78.9 Å². The third-order valence-electron chi connectivity index (χ3n) is 11.3. The van der Waals surface area contributed by atoms with Gasteiger partial charge in [-0.1, -0.05) is 159 Å². The van der Waals surface area contributed by atoms with Crippen LogP contribution in [0.15, 0.2) is 176 Å². The van der Waals surface area contributed by atoms with Gasteiger partial charge in [-0.05, 0) is 53.8 Å². The Balaban J connectivity index is 0.974. The molecule has 1 atom stereocenters. The molecule has 0 fully saturated rings. The zero-order valence-corrected chi connectivity index (χ0v) is 30.9. The fourth-order valence-corrected chi connectivity index (χ4v) is 8.49. The van der Waals surface area contributed by atoms with Gasteiger partial charge >= 0.3 is 0 Å². The summed E-state index contributed by atoms with van der Waals surface area (Å²) in [6.45, 7) is 2.27. The largest absolute Gasteiger partial charge is 0.308 e. The van der Waals surface area contributed by atoms with Crippen molar-refractivity contribution in [2.75, 3.05) is 0 Å². The number of pyridine rings is 3. The SMILES string of the molecule is CC1C=Cc2c(nc(-c3ccccc3)c3c4ccccc4n(-c4ccc(-c5ccc(-c6ccc7ccc8ccc(-c9ccccc9)nc8c7n6)cc5)cc4)c23)C1. The molecule has 4 heteroatoms. The topological polar surface area (TPSA) is 43.6 Å². The second-order valence-corrected chi connectivity index (χ2v) is 14.9. The van der Waals surface area contributed by atoms with Gasteiger partial charge in [0.1, 0.15) is 0 Å². The minimum Gasteiger partial charge on any atom is -0.308 e. The summed E-state index contributed by atoms with van der Waals surface area (Å²) in [6, 6.07) is 60.2. The first-order chi connectivity index (χ1) is 27.7. The lowest BCUT2D eigenvalue weighted by Crippen LogP contribution is -2.09. The lowest BCUT2D eigenvalue weighted by atomic mass is 9.92. The molecule has 6 aromatic carbocycles. The Labute approximate surface area is 325 Å². The molecule has 10 aromatic rings. The molecule has 1 unspecified atom stereocenters. The van der Waals surface area contributed by atoms with Crippen LogP contribution < -0.4 is 0 Å². The van der Waals surface area contributed by atoms with E-state index >= 15 is 0 Å². The van der Waals surface area contributed by atoms with Gasteiger partial charge in [-0.2, -0.15) is 0 Å². The average molecular weight is 717 g/mol. The van der Waals surface area contributed by atoms with Crippen LogP contribution in [0.5, 0.6) is 0 Å². The molecule has 56 heavy (non-hydrogen) atoms. The van der Waals surface area contributed by atoms with Crippen molar-refractivity contribution in [3.05, 3.63) is 187 Å². The molecule has 11 rings (SSSR count). The normalized spacial score (nSPS) is 13.8. The summed E-state index contributed by atoms with van der Waals surface area (Å²) in [7, 11) is 0. The number of aromatic nitrogens is 4.